The van der Waals surface area contributed by atoms with Crippen LogP contribution in [0.25, 0.3) is 11.1 Å². The molecule has 1 unspecified atom stereocenters. The number of nitrogens with one attached hydrogen (secondary N) is 2. The summed E-state index contributed by atoms with van der Waals surface area (Å²) in [5.41, 5.74) is 4.33. The zero-order valence-corrected chi connectivity index (χ0v) is 19.1. The molecule has 0 aromatic heterocycles. The summed E-state index contributed by atoms with van der Waals surface area (Å²) in [7, 11) is 1.33. The molecule has 0 heterocycles. The third kappa shape index (κ3) is 6.31. The number of alkyl carbamates (subject to hydrolysis) is 1. The maximum atomic E-state index is 12.6. The minimum absolute atomic E-state index is 0.00475. The molecule has 0 saturated heterocycles. The minimum atomic E-state index is -0.519. The Bertz CT molecular complexity index is 892. The lowest BCUT2D eigenvalue weighted by Gasteiger charge is -2.25. The molecule has 7 nitrogen and oxygen atoms in total. The molecular weight excluding hydrogens is 408 g/mol. The highest BCUT2D eigenvalue weighted by atomic mass is 16.6. The number of rotatable bonds is 9. The largest absolute Gasteiger partial charge is 0.468 e. The van der Waals surface area contributed by atoms with Crippen molar-refractivity contribution in [2.75, 3.05) is 33.4 Å². The number of carbonyl (C=O) groups is 2. The normalized spacial score (nSPS) is 13.8. The van der Waals surface area contributed by atoms with Gasteiger partial charge in [0, 0.05) is 12.5 Å². The van der Waals surface area contributed by atoms with E-state index in [2.05, 4.69) is 39.6 Å². The van der Waals surface area contributed by atoms with E-state index in [4.69, 9.17) is 9.47 Å². The van der Waals surface area contributed by atoms with Crippen molar-refractivity contribution in [3.8, 4) is 11.1 Å². The molecule has 1 atom stereocenters. The maximum absolute atomic E-state index is 12.6. The van der Waals surface area contributed by atoms with E-state index in [0.29, 0.717) is 6.54 Å². The number of methoxy groups -OCH3 is 1. The molecule has 1 aliphatic carbocycles. The number of esters is 1. The van der Waals surface area contributed by atoms with Crippen LogP contribution in [-0.4, -0.2) is 57.1 Å². The SMILES string of the molecule is COC(=O)CNCC(COC(C)(C)C)NC(=O)OCC1c2ccccc2-c2ccccc21. The Morgan fingerprint density at radius 2 is 1.59 bits per heavy atom. The van der Waals surface area contributed by atoms with Crippen molar-refractivity contribution < 1.29 is 23.8 Å². The number of fused-ring (bicyclic) bond motifs is 3. The molecular formula is C25H32N2O5. The van der Waals surface area contributed by atoms with Crippen LogP contribution in [0.3, 0.4) is 0 Å². The molecule has 0 spiro atoms. The number of hydrogen-bond acceptors (Lipinski definition) is 6. The van der Waals surface area contributed by atoms with Gasteiger partial charge in [0.05, 0.1) is 31.9 Å². The van der Waals surface area contributed by atoms with Crippen LogP contribution in [0.2, 0.25) is 0 Å². The predicted octanol–water partition coefficient (Wildman–Crippen LogP) is 3.47. The monoisotopic (exact) mass is 440 g/mol. The van der Waals surface area contributed by atoms with E-state index < -0.39 is 6.09 Å². The summed E-state index contributed by atoms with van der Waals surface area (Å²) in [5.74, 6) is -0.378. The maximum Gasteiger partial charge on any atom is 0.407 e. The van der Waals surface area contributed by atoms with Crippen LogP contribution in [-0.2, 0) is 19.0 Å². The molecule has 0 saturated carbocycles. The molecule has 0 aliphatic heterocycles. The van der Waals surface area contributed by atoms with Crippen molar-refractivity contribution in [3.63, 3.8) is 0 Å². The predicted molar refractivity (Wildman–Crippen MR) is 123 cm³/mol. The van der Waals surface area contributed by atoms with Crippen LogP contribution >= 0.6 is 0 Å². The molecule has 0 fully saturated rings. The van der Waals surface area contributed by atoms with E-state index in [1.54, 1.807) is 0 Å². The fourth-order valence-corrected chi connectivity index (χ4v) is 3.73. The van der Waals surface area contributed by atoms with Crippen molar-refractivity contribution >= 4 is 12.1 Å². The first-order valence-corrected chi connectivity index (χ1v) is 10.8. The van der Waals surface area contributed by atoms with Gasteiger partial charge in [0.1, 0.15) is 6.61 Å². The smallest absolute Gasteiger partial charge is 0.407 e. The fraction of sp³-hybridized carbons (Fsp3) is 0.440. The van der Waals surface area contributed by atoms with Gasteiger partial charge in [0.25, 0.3) is 0 Å². The lowest BCUT2D eigenvalue weighted by Crippen LogP contribution is -2.47. The molecule has 2 aromatic rings. The van der Waals surface area contributed by atoms with Crippen molar-refractivity contribution in [2.24, 2.45) is 0 Å². The first-order chi connectivity index (χ1) is 15.3. The van der Waals surface area contributed by atoms with Crippen LogP contribution in [0.4, 0.5) is 4.79 Å². The van der Waals surface area contributed by atoms with Crippen LogP contribution < -0.4 is 10.6 Å². The van der Waals surface area contributed by atoms with Gasteiger partial charge in [0.15, 0.2) is 0 Å². The van der Waals surface area contributed by atoms with Crippen LogP contribution in [0, 0.1) is 0 Å². The molecule has 3 rings (SSSR count). The van der Waals surface area contributed by atoms with Gasteiger partial charge in [-0.1, -0.05) is 48.5 Å². The molecule has 0 radical (unpaired) electrons. The zero-order valence-electron chi connectivity index (χ0n) is 19.1. The summed E-state index contributed by atoms with van der Waals surface area (Å²) >= 11 is 0. The van der Waals surface area contributed by atoms with Gasteiger partial charge >= 0.3 is 12.1 Å². The highest BCUT2D eigenvalue weighted by Crippen LogP contribution is 2.44. The zero-order chi connectivity index (χ0) is 23.1. The molecule has 172 valence electrons. The van der Waals surface area contributed by atoms with Gasteiger partial charge in [-0.05, 0) is 43.0 Å². The van der Waals surface area contributed by atoms with E-state index >= 15 is 0 Å². The standard InChI is InChI=1S/C25H32N2O5/c1-25(2,3)32-15-17(13-26-14-23(28)30-4)27-24(29)31-16-22-20-11-7-5-9-18(20)19-10-6-8-12-21(19)22/h5-12,17,22,26H,13-16H2,1-4H3,(H,27,29). The second-order valence-electron chi connectivity index (χ2n) is 8.80. The van der Waals surface area contributed by atoms with Gasteiger partial charge in [-0.15, -0.1) is 0 Å². The van der Waals surface area contributed by atoms with Crippen LogP contribution in [0.5, 0.6) is 0 Å². The van der Waals surface area contributed by atoms with E-state index in [0.717, 1.165) is 11.1 Å². The summed E-state index contributed by atoms with van der Waals surface area (Å²) in [6.45, 7) is 6.74. The number of benzene rings is 2. The summed E-state index contributed by atoms with van der Waals surface area (Å²) in [6.07, 6.45) is -0.519. The Morgan fingerprint density at radius 3 is 2.16 bits per heavy atom. The van der Waals surface area contributed by atoms with Crippen molar-refractivity contribution in [1.82, 2.24) is 10.6 Å². The Kier molecular flexibility index (Phi) is 7.88. The van der Waals surface area contributed by atoms with Crippen LogP contribution in [0.1, 0.15) is 37.8 Å². The van der Waals surface area contributed by atoms with E-state index in [1.807, 2.05) is 45.0 Å². The average molecular weight is 441 g/mol. The van der Waals surface area contributed by atoms with Gasteiger partial charge in [-0.3, -0.25) is 4.79 Å². The summed E-state index contributed by atoms with van der Waals surface area (Å²) in [5, 5.41) is 5.83. The summed E-state index contributed by atoms with van der Waals surface area (Å²) in [4.78, 5) is 24.0. The van der Waals surface area contributed by atoms with E-state index in [9.17, 15) is 9.59 Å². The van der Waals surface area contributed by atoms with Gasteiger partial charge in [-0.25, -0.2) is 4.79 Å². The topological polar surface area (TPSA) is 85.9 Å². The lowest BCUT2D eigenvalue weighted by atomic mass is 9.98. The van der Waals surface area contributed by atoms with Gasteiger partial charge < -0.3 is 24.8 Å². The number of amides is 1. The Morgan fingerprint density at radius 1 is 1.00 bits per heavy atom. The first-order valence-electron chi connectivity index (χ1n) is 10.8. The minimum Gasteiger partial charge on any atom is -0.468 e. The third-order valence-electron chi connectivity index (χ3n) is 5.27. The molecule has 2 N–H and O–H groups in total. The van der Waals surface area contributed by atoms with Crippen LogP contribution in [0.15, 0.2) is 48.5 Å². The molecule has 2 aromatic carbocycles. The fourth-order valence-electron chi connectivity index (χ4n) is 3.73. The summed E-state index contributed by atoms with van der Waals surface area (Å²) in [6, 6.07) is 16.0. The molecule has 1 aliphatic rings. The Balaban J connectivity index is 1.60. The highest BCUT2D eigenvalue weighted by molar-refractivity contribution is 5.79. The average Bonchev–Trinajstić information content (AvgIpc) is 3.09. The first kappa shape index (κ1) is 23.8. The second-order valence-corrected chi connectivity index (χ2v) is 8.80. The van der Waals surface area contributed by atoms with Gasteiger partial charge in [-0.2, -0.15) is 0 Å². The number of carbonyl (C=O) groups excluding carboxylic acids is 2. The van der Waals surface area contributed by atoms with Crippen molar-refractivity contribution in [2.45, 2.75) is 38.3 Å². The highest BCUT2D eigenvalue weighted by Gasteiger charge is 2.29. The van der Waals surface area contributed by atoms with Crippen molar-refractivity contribution in [1.29, 1.82) is 0 Å². The Hall–Kier alpha value is -2.90. The third-order valence-corrected chi connectivity index (χ3v) is 5.27. The van der Waals surface area contributed by atoms with E-state index in [-0.39, 0.29) is 43.3 Å². The molecule has 7 heteroatoms. The van der Waals surface area contributed by atoms with Gasteiger partial charge in [0.2, 0.25) is 0 Å². The number of hydrogen-bond donors (Lipinski definition) is 2. The number of ether oxygens (including phenoxy) is 3. The lowest BCUT2D eigenvalue weighted by molar-refractivity contribution is -0.139. The second kappa shape index (κ2) is 10.6. The molecule has 1 amide bonds. The Labute approximate surface area is 189 Å². The summed E-state index contributed by atoms with van der Waals surface area (Å²) < 4.78 is 16.1. The quantitative estimate of drug-likeness (QED) is 0.581. The molecule has 32 heavy (non-hydrogen) atoms. The molecule has 0 bridgehead atoms. The van der Waals surface area contributed by atoms with E-state index in [1.165, 1.54) is 18.2 Å². The van der Waals surface area contributed by atoms with Crippen molar-refractivity contribution in [3.05, 3.63) is 59.7 Å².